The molecule has 0 aliphatic rings. The molecule has 1 heterocycles. The lowest BCUT2D eigenvalue weighted by molar-refractivity contribution is 0.214. The summed E-state index contributed by atoms with van der Waals surface area (Å²) in [5, 5.41) is 4.34. The maximum Gasteiger partial charge on any atom is 0.357 e. The van der Waals surface area contributed by atoms with E-state index in [9.17, 15) is 4.57 Å². The van der Waals surface area contributed by atoms with E-state index in [1.807, 2.05) is 68.6 Å². The van der Waals surface area contributed by atoms with Gasteiger partial charge in [-0.25, -0.2) is 0 Å². The smallest absolute Gasteiger partial charge is 0.357 e. The molecule has 26 heavy (non-hydrogen) atoms. The Hall–Kier alpha value is -1.59. The predicted molar refractivity (Wildman–Crippen MR) is 110 cm³/mol. The molecule has 0 saturated heterocycles. The van der Waals surface area contributed by atoms with E-state index in [0.717, 1.165) is 26.6 Å². The molecular formula is C19H22BrN2O3P. The summed E-state index contributed by atoms with van der Waals surface area (Å²) < 4.78 is 25.9. The standard InChI is InChI=1S/C19H22BrN2O3P/c1-3-24-26(23,25-4-2)19(22-15-11-9-14(20)10-12-15)17-13-21-18-8-6-5-7-16(17)18/h5-13,19,21-22H,3-4H2,1-2H3/t19-/m1/s1. The van der Waals surface area contributed by atoms with Gasteiger partial charge in [-0.2, -0.15) is 0 Å². The Balaban J connectivity index is 2.08. The number of halogens is 1. The second-order valence-corrected chi connectivity index (χ2v) is 8.75. The Labute approximate surface area is 161 Å². The highest BCUT2D eigenvalue weighted by Gasteiger charge is 2.38. The summed E-state index contributed by atoms with van der Waals surface area (Å²) >= 11 is 3.44. The third-order valence-electron chi connectivity index (χ3n) is 4.00. The largest absolute Gasteiger partial charge is 0.368 e. The summed E-state index contributed by atoms with van der Waals surface area (Å²) in [4.78, 5) is 3.24. The maximum atomic E-state index is 13.6. The molecule has 0 aliphatic carbocycles. The molecule has 5 nitrogen and oxygen atoms in total. The van der Waals surface area contributed by atoms with Crippen molar-refractivity contribution >= 4 is 40.1 Å². The Morgan fingerprint density at radius 1 is 1.08 bits per heavy atom. The van der Waals surface area contributed by atoms with E-state index in [0.29, 0.717) is 13.2 Å². The summed E-state index contributed by atoms with van der Waals surface area (Å²) in [7, 11) is -3.44. The van der Waals surface area contributed by atoms with Gasteiger partial charge >= 0.3 is 7.60 Å². The van der Waals surface area contributed by atoms with E-state index in [1.165, 1.54) is 0 Å². The van der Waals surface area contributed by atoms with E-state index < -0.39 is 13.4 Å². The van der Waals surface area contributed by atoms with E-state index in [4.69, 9.17) is 9.05 Å². The quantitative estimate of drug-likeness (QED) is 0.406. The molecule has 7 heteroatoms. The topological polar surface area (TPSA) is 63.4 Å². The second kappa shape index (κ2) is 8.40. The van der Waals surface area contributed by atoms with Gasteiger partial charge in [-0.15, -0.1) is 0 Å². The summed E-state index contributed by atoms with van der Waals surface area (Å²) in [6, 6.07) is 15.6. The van der Waals surface area contributed by atoms with Crippen LogP contribution in [0.5, 0.6) is 0 Å². The van der Waals surface area contributed by atoms with Gasteiger partial charge in [0.25, 0.3) is 0 Å². The molecule has 0 amide bonds. The zero-order chi connectivity index (χ0) is 18.6. The van der Waals surface area contributed by atoms with Crippen molar-refractivity contribution in [2.24, 2.45) is 0 Å². The predicted octanol–water partition coefficient (Wildman–Crippen LogP) is 6.31. The molecule has 1 aromatic heterocycles. The third kappa shape index (κ3) is 4.04. The molecule has 0 saturated carbocycles. The molecule has 2 N–H and O–H groups in total. The average molecular weight is 437 g/mol. The number of nitrogens with one attached hydrogen (secondary N) is 2. The Morgan fingerprint density at radius 2 is 1.73 bits per heavy atom. The van der Waals surface area contributed by atoms with Crippen LogP contribution in [0.15, 0.2) is 59.2 Å². The minimum absolute atomic E-state index is 0.304. The van der Waals surface area contributed by atoms with Crippen molar-refractivity contribution in [3.05, 3.63) is 64.8 Å². The van der Waals surface area contributed by atoms with Gasteiger partial charge in [-0.3, -0.25) is 4.57 Å². The summed E-state index contributed by atoms with van der Waals surface area (Å²) in [5.41, 5.74) is 2.67. The van der Waals surface area contributed by atoms with Gasteiger partial charge in [-0.1, -0.05) is 34.1 Å². The van der Waals surface area contributed by atoms with Gasteiger partial charge in [0.1, 0.15) is 0 Å². The van der Waals surface area contributed by atoms with Crippen LogP contribution in [0, 0.1) is 0 Å². The second-order valence-electron chi connectivity index (χ2n) is 5.72. The fourth-order valence-corrected chi connectivity index (χ4v) is 5.12. The molecule has 3 rings (SSSR count). The van der Waals surface area contributed by atoms with Crippen molar-refractivity contribution in [1.82, 2.24) is 4.98 Å². The number of benzene rings is 2. The fraction of sp³-hybridized carbons (Fsp3) is 0.263. The van der Waals surface area contributed by atoms with Crippen LogP contribution in [0.2, 0.25) is 0 Å². The van der Waals surface area contributed by atoms with E-state index in [1.54, 1.807) is 0 Å². The van der Waals surface area contributed by atoms with E-state index >= 15 is 0 Å². The molecule has 3 aromatic rings. The lowest BCUT2D eigenvalue weighted by Gasteiger charge is -2.27. The molecule has 0 unspecified atom stereocenters. The van der Waals surface area contributed by atoms with Crippen LogP contribution >= 0.6 is 23.5 Å². The molecule has 0 bridgehead atoms. The van der Waals surface area contributed by atoms with Crippen molar-refractivity contribution in [2.75, 3.05) is 18.5 Å². The van der Waals surface area contributed by atoms with Crippen molar-refractivity contribution in [3.63, 3.8) is 0 Å². The van der Waals surface area contributed by atoms with Crippen LogP contribution in [0.25, 0.3) is 10.9 Å². The first-order chi connectivity index (χ1) is 12.6. The highest BCUT2D eigenvalue weighted by molar-refractivity contribution is 9.10. The first kappa shape index (κ1) is 19.2. The molecule has 0 radical (unpaired) electrons. The van der Waals surface area contributed by atoms with Gasteiger partial charge in [0.2, 0.25) is 0 Å². The number of fused-ring (bicyclic) bond motifs is 1. The van der Waals surface area contributed by atoms with Crippen molar-refractivity contribution in [3.8, 4) is 0 Å². The number of aromatic amines is 1. The zero-order valence-electron chi connectivity index (χ0n) is 14.7. The molecule has 1 atom stereocenters. The number of hydrogen-bond donors (Lipinski definition) is 2. The lowest BCUT2D eigenvalue weighted by Crippen LogP contribution is -2.15. The van der Waals surface area contributed by atoms with Crippen LogP contribution in [-0.4, -0.2) is 18.2 Å². The van der Waals surface area contributed by atoms with Gasteiger partial charge < -0.3 is 19.3 Å². The first-order valence-corrected chi connectivity index (χ1v) is 10.9. The molecule has 0 aliphatic heterocycles. The normalized spacial score (nSPS) is 13.0. The zero-order valence-corrected chi connectivity index (χ0v) is 17.2. The summed E-state index contributed by atoms with van der Waals surface area (Å²) in [6.45, 7) is 4.24. The van der Waals surface area contributed by atoms with Crippen LogP contribution < -0.4 is 5.32 Å². The van der Waals surface area contributed by atoms with Crippen molar-refractivity contribution in [2.45, 2.75) is 19.6 Å². The minimum atomic E-state index is -3.44. The van der Waals surface area contributed by atoms with Gasteiger partial charge in [0.05, 0.1) is 13.2 Å². The number of para-hydroxylation sites is 1. The number of aromatic nitrogens is 1. The molecular weight excluding hydrogens is 415 g/mol. The maximum absolute atomic E-state index is 13.6. The van der Waals surface area contributed by atoms with Crippen LogP contribution in [0.1, 0.15) is 25.2 Å². The van der Waals surface area contributed by atoms with Gasteiger partial charge in [0, 0.05) is 32.8 Å². The monoisotopic (exact) mass is 436 g/mol. The van der Waals surface area contributed by atoms with Crippen LogP contribution in [0.4, 0.5) is 5.69 Å². The van der Waals surface area contributed by atoms with Crippen LogP contribution in [0.3, 0.4) is 0 Å². The average Bonchev–Trinajstić information content (AvgIpc) is 3.05. The van der Waals surface area contributed by atoms with Crippen LogP contribution in [-0.2, 0) is 13.6 Å². The highest BCUT2D eigenvalue weighted by atomic mass is 79.9. The number of hydrogen-bond acceptors (Lipinski definition) is 4. The molecule has 138 valence electrons. The summed E-state index contributed by atoms with van der Waals surface area (Å²) in [6.07, 6.45) is 1.87. The Morgan fingerprint density at radius 3 is 2.38 bits per heavy atom. The fourth-order valence-electron chi connectivity index (χ4n) is 2.90. The molecule has 0 spiro atoms. The first-order valence-electron chi connectivity index (χ1n) is 8.54. The third-order valence-corrected chi connectivity index (χ3v) is 6.80. The van der Waals surface area contributed by atoms with Crippen molar-refractivity contribution in [1.29, 1.82) is 0 Å². The van der Waals surface area contributed by atoms with Crippen molar-refractivity contribution < 1.29 is 13.6 Å². The lowest BCUT2D eigenvalue weighted by atomic mass is 10.1. The number of H-pyrrole nitrogens is 1. The summed E-state index contributed by atoms with van der Waals surface area (Å²) in [5.74, 6) is -0.625. The number of rotatable bonds is 8. The van der Waals surface area contributed by atoms with Gasteiger partial charge in [-0.05, 0) is 44.2 Å². The highest BCUT2D eigenvalue weighted by Crippen LogP contribution is 2.61. The van der Waals surface area contributed by atoms with E-state index in [-0.39, 0.29) is 0 Å². The Kier molecular flexibility index (Phi) is 6.20. The molecule has 0 fully saturated rings. The molecule has 2 aromatic carbocycles. The van der Waals surface area contributed by atoms with E-state index in [2.05, 4.69) is 26.2 Å². The minimum Gasteiger partial charge on any atom is -0.368 e. The SMILES string of the molecule is CCOP(=O)(OCC)[C@@H](Nc1ccc(Br)cc1)c1c[nH]c2ccccc12. The Bertz CT molecular complexity index is 901. The number of anilines is 1. The van der Waals surface area contributed by atoms with Gasteiger partial charge in [0.15, 0.2) is 5.78 Å².